The number of hydrogen-bond donors (Lipinski definition) is 3. The molecule has 0 unspecified atom stereocenters. The van der Waals surface area contributed by atoms with Crippen LogP contribution < -0.4 is 16.4 Å². The highest BCUT2D eigenvalue weighted by Crippen LogP contribution is 2.18. The number of halogens is 1. The summed E-state index contributed by atoms with van der Waals surface area (Å²) in [6.45, 7) is 3.79. The Kier molecular flexibility index (Phi) is 8.01. The van der Waals surface area contributed by atoms with Crippen LogP contribution in [-0.2, 0) is 6.54 Å². The van der Waals surface area contributed by atoms with Crippen molar-refractivity contribution in [3.05, 3.63) is 53.7 Å². The van der Waals surface area contributed by atoms with Crippen molar-refractivity contribution in [3.8, 4) is 0 Å². The number of nitrogens with one attached hydrogen (secondary N) is 2. The molecule has 1 amide bonds. The van der Waals surface area contributed by atoms with Gasteiger partial charge in [-0.25, -0.2) is 9.38 Å². The zero-order valence-electron chi connectivity index (χ0n) is 14.6. The third kappa shape index (κ3) is 6.79. The number of nitrogens with two attached hydrogens (primary N) is 1. The number of guanidine groups is 1. The average Bonchev–Trinajstić information content (AvgIpc) is 3.10. The first-order valence-electron chi connectivity index (χ1n) is 8.37. The van der Waals surface area contributed by atoms with E-state index in [2.05, 4.69) is 15.6 Å². The molecule has 8 heteroatoms. The van der Waals surface area contributed by atoms with Gasteiger partial charge in [-0.1, -0.05) is 0 Å². The fourth-order valence-electron chi connectivity index (χ4n) is 2.09. The van der Waals surface area contributed by atoms with E-state index in [1.807, 2.05) is 6.92 Å². The molecule has 140 valence electrons. The van der Waals surface area contributed by atoms with Gasteiger partial charge in [0.2, 0.25) is 0 Å². The zero-order valence-corrected chi connectivity index (χ0v) is 15.4. The van der Waals surface area contributed by atoms with E-state index in [0.717, 1.165) is 30.2 Å². The van der Waals surface area contributed by atoms with Crippen LogP contribution in [0.25, 0.3) is 0 Å². The van der Waals surface area contributed by atoms with Crippen LogP contribution in [-0.4, -0.2) is 30.7 Å². The fourth-order valence-corrected chi connectivity index (χ4v) is 2.95. The molecule has 0 aliphatic rings. The predicted molar refractivity (Wildman–Crippen MR) is 102 cm³/mol. The number of rotatable bonds is 9. The van der Waals surface area contributed by atoms with Gasteiger partial charge in [-0.15, -0.1) is 11.8 Å². The van der Waals surface area contributed by atoms with E-state index in [4.69, 9.17) is 10.2 Å². The second kappa shape index (κ2) is 10.5. The molecule has 26 heavy (non-hydrogen) atoms. The number of benzene rings is 1. The van der Waals surface area contributed by atoms with Gasteiger partial charge in [0.05, 0.1) is 0 Å². The van der Waals surface area contributed by atoms with Crippen molar-refractivity contribution in [3.63, 3.8) is 0 Å². The van der Waals surface area contributed by atoms with E-state index < -0.39 is 5.91 Å². The van der Waals surface area contributed by atoms with Crippen LogP contribution in [0, 0.1) is 5.82 Å². The largest absolute Gasteiger partial charge is 0.454 e. The van der Waals surface area contributed by atoms with Gasteiger partial charge >= 0.3 is 0 Å². The Bertz CT molecular complexity index is 731. The Morgan fingerprint density at radius 2 is 2.00 bits per heavy atom. The molecule has 6 nitrogen and oxygen atoms in total. The van der Waals surface area contributed by atoms with Crippen LogP contribution >= 0.6 is 11.8 Å². The minimum Gasteiger partial charge on any atom is -0.454 e. The monoisotopic (exact) mass is 378 g/mol. The molecular weight excluding hydrogens is 355 g/mol. The number of carbonyl (C=O) groups is 1. The summed E-state index contributed by atoms with van der Waals surface area (Å²) < 4.78 is 18.2. The van der Waals surface area contributed by atoms with Gasteiger partial charge < -0.3 is 20.8 Å². The molecule has 1 aromatic heterocycles. The Hall–Kier alpha value is -2.48. The van der Waals surface area contributed by atoms with E-state index in [-0.39, 0.29) is 11.6 Å². The number of furan rings is 1. The Morgan fingerprint density at radius 3 is 2.65 bits per heavy atom. The van der Waals surface area contributed by atoms with Gasteiger partial charge in [0.1, 0.15) is 18.1 Å². The number of nitrogens with zero attached hydrogens (tertiary/aromatic N) is 1. The molecule has 0 saturated carbocycles. The second-order valence-corrected chi connectivity index (χ2v) is 6.58. The van der Waals surface area contributed by atoms with Crippen molar-refractivity contribution in [2.75, 3.05) is 18.8 Å². The highest BCUT2D eigenvalue weighted by atomic mass is 32.2. The van der Waals surface area contributed by atoms with Crippen LogP contribution in [0.1, 0.15) is 29.7 Å². The molecule has 2 aromatic rings. The quantitative estimate of drug-likeness (QED) is 0.270. The van der Waals surface area contributed by atoms with Gasteiger partial charge in [0, 0.05) is 18.0 Å². The molecule has 1 heterocycles. The molecule has 0 spiro atoms. The summed E-state index contributed by atoms with van der Waals surface area (Å²) in [6, 6.07) is 9.72. The van der Waals surface area contributed by atoms with Crippen LogP contribution in [0.5, 0.6) is 0 Å². The van der Waals surface area contributed by atoms with Crippen LogP contribution in [0.4, 0.5) is 4.39 Å². The van der Waals surface area contributed by atoms with Crippen molar-refractivity contribution in [2.24, 2.45) is 10.7 Å². The summed E-state index contributed by atoms with van der Waals surface area (Å²) >= 11 is 1.68. The van der Waals surface area contributed by atoms with Crippen molar-refractivity contribution < 1.29 is 13.6 Å². The second-order valence-electron chi connectivity index (χ2n) is 5.41. The molecule has 0 aliphatic carbocycles. The van der Waals surface area contributed by atoms with Gasteiger partial charge in [-0.3, -0.25) is 4.79 Å². The first-order valence-corrected chi connectivity index (χ1v) is 9.36. The number of amides is 1. The smallest absolute Gasteiger partial charge is 0.284 e. The van der Waals surface area contributed by atoms with Crippen LogP contribution in [0.3, 0.4) is 0 Å². The minimum absolute atomic E-state index is 0.131. The summed E-state index contributed by atoms with van der Waals surface area (Å²) in [5.74, 6) is 1.48. The van der Waals surface area contributed by atoms with E-state index in [0.29, 0.717) is 18.3 Å². The Labute approximate surface area is 156 Å². The lowest BCUT2D eigenvalue weighted by Crippen LogP contribution is -2.37. The molecule has 0 atom stereocenters. The molecule has 0 fully saturated rings. The summed E-state index contributed by atoms with van der Waals surface area (Å²) in [6.07, 6.45) is 0.930. The summed E-state index contributed by atoms with van der Waals surface area (Å²) in [4.78, 5) is 16.5. The average molecular weight is 378 g/mol. The number of aliphatic imine (C=N–C) groups is 1. The summed E-state index contributed by atoms with van der Waals surface area (Å²) in [5, 5.41) is 6.40. The van der Waals surface area contributed by atoms with Crippen LogP contribution in [0.15, 0.2) is 50.7 Å². The lowest BCUT2D eigenvalue weighted by Gasteiger charge is -2.10. The van der Waals surface area contributed by atoms with Crippen molar-refractivity contribution >= 4 is 23.6 Å². The first-order chi connectivity index (χ1) is 12.6. The molecule has 4 N–H and O–H groups in total. The van der Waals surface area contributed by atoms with E-state index in [1.54, 1.807) is 36.0 Å². The summed E-state index contributed by atoms with van der Waals surface area (Å²) in [7, 11) is 0. The number of thioether (sulfide) groups is 1. The van der Waals surface area contributed by atoms with E-state index >= 15 is 0 Å². The van der Waals surface area contributed by atoms with Gasteiger partial charge in [0.25, 0.3) is 5.91 Å². The fraction of sp³-hybridized carbons (Fsp3) is 0.333. The third-order valence-corrected chi connectivity index (χ3v) is 4.44. The van der Waals surface area contributed by atoms with Gasteiger partial charge in [-0.05, 0) is 55.5 Å². The molecule has 2 rings (SSSR count). The lowest BCUT2D eigenvalue weighted by atomic mass is 10.4. The zero-order chi connectivity index (χ0) is 18.8. The first kappa shape index (κ1) is 19.8. The summed E-state index contributed by atoms with van der Waals surface area (Å²) in [5.41, 5.74) is 5.16. The lowest BCUT2D eigenvalue weighted by molar-refractivity contribution is 0.0972. The van der Waals surface area contributed by atoms with Crippen molar-refractivity contribution in [2.45, 2.75) is 24.8 Å². The molecular formula is C18H23FN4O2S. The predicted octanol–water partition coefficient (Wildman–Crippen LogP) is 2.76. The maximum absolute atomic E-state index is 12.9. The molecule has 0 aliphatic heterocycles. The Morgan fingerprint density at radius 1 is 1.23 bits per heavy atom. The van der Waals surface area contributed by atoms with Crippen molar-refractivity contribution in [1.29, 1.82) is 0 Å². The maximum Gasteiger partial charge on any atom is 0.284 e. The number of hydrogen-bond acceptors (Lipinski definition) is 4. The standard InChI is InChI=1S/C18H23FN4O2S/c1-2-21-18(23-12-14-6-9-16(25-14)17(20)24)22-10-3-11-26-15-7-4-13(19)5-8-15/h4-9H,2-3,10-12H2,1H3,(H2,20,24)(H2,21,22,23). The molecule has 0 radical (unpaired) electrons. The minimum atomic E-state index is -0.594. The SMILES string of the molecule is CCNC(=NCc1ccc(C(N)=O)o1)NCCCSc1ccc(F)cc1. The third-order valence-electron chi connectivity index (χ3n) is 3.34. The van der Waals surface area contributed by atoms with E-state index in [1.165, 1.54) is 12.1 Å². The highest BCUT2D eigenvalue weighted by Gasteiger charge is 2.06. The van der Waals surface area contributed by atoms with E-state index in [9.17, 15) is 9.18 Å². The normalized spacial score (nSPS) is 11.4. The highest BCUT2D eigenvalue weighted by molar-refractivity contribution is 7.99. The van der Waals surface area contributed by atoms with Crippen molar-refractivity contribution in [1.82, 2.24) is 10.6 Å². The van der Waals surface area contributed by atoms with Gasteiger partial charge in [-0.2, -0.15) is 0 Å². The number of primary amides is 1. The van der Waals surface area contributed by atoms with Gasteiger partial charge in [0.15, 0.2) is 11.7 Å². The topological polar surface area (TPSA) is 92.6 Å². The molecule has 0 saturated heterocycles. The van der Waals surface area contributed by atoms with Crippen LogP contribution in [0.2, 0.25) is 0 Å². The Balaban J connectivity index is 1.74. The number of carbonyl (C=O) groups excluding carboxylic acids is 1. The molecule has 0 bridgehead atoms. The maximum atomic E-state index is 12.9. The molecule has 1 aromatic carbocycles.